The molecule has 1 fully saturated rings. The Balaban J connectivity index is 2.51. The number of aliphatic hydroxyl groups excluding tert-OH is 1. The lowest BCUT2D eigenvalue weighted by Crippen LogP contribution is -2.50. The van der Waals surface area contributed by atoms with Crippen molar-refractivity contribution < 1.29 is 9.90 Å². The first kappa shape index (κ1) is 12.3. The van der Waals surface area contributed by atoms with Gasteiger partial charge in [-0.3, -0.25) is 4.79 Å². The highest BCUT2D eigenvalue weighted by Gasteiger charge is 2.53. The Labute approximate surface area is 102 Å². The zero-order valence-electron chi connectivity index (χ0n) is 10.7. The number of aliphatic hydroxyl groups is 1. The summed E-state index contributed by atoms with van der Waals surface area (Å²) in [5, 5.41) is 18.9. The fourth-order valence-electron chi connectivity index (χ4n) is 3.77. The fraction of sp³-hybridized carbons (Fsp3) is 0.714. The number of rotatable bonds is 0. The topological polar surface area (TPSA) is 61.1 Å². The summed E-state index contributed by atoms with van der Waals surface area (Å²) in [6, 6.07) is 2.01. The number of hydrogen-bond donors (Lipinski definition) is 1. The molecular weight excluding hydrogens is 214 g/mol. The quantitative estimate of drug-likeness (QED) is 0.697. The van der Waals surface area contributed by atoms with Gasteiger partial charge in [0.05, 0.1) is 11.7 Å². The van der Waals surface area contributed by atoms with Crippen LogP contribution in [0.5, 0.6) is 0 Å². The van der Waals surface area contributed by atoms with E-state index in [0.29, 0.717) is 6.42 Å². The van der Waals surface area contributed by atoms with Crippen LogP contribution in [-0.2, 0) is 4.79 Å². The summed E-state index contributed by atoms with van der Waals surface area (Å²) >= 11 is 0. The van der Waals surface area contributed by atoms with Crippen LogP contribution in [0.1, 0.15) is 40.0 Å². The smallest absolute Gasteiger partial charge is 0.178 e. The minimum Gasteiger partial charge on any atom is -0.393 e. The van der Waals surface area contributed by atoms with Gasteiger partial charge < -0.3 is 5.11 Å². The molecule has 92 valence electrons. The SMILES string of the molecule is CC12C=C(C#N)C(=O)C(C)(C)C1CCC(O)C2. The van der Waals surface area contributed by atoms with E-state index in [-0.39, 0.29) is 28.8 Å². The van der Waals surface area contributed by atoms with E-state index < -0.39 is 5.41 Å². The minimum absolute atomic E-state index is 0.0427. The molecule has 2 rings (SSSR count). The number of allylic oxidation sites excluding steroid dienone is 2. The van der Waals surface area contributed by atoms with Gasteiger partial charge in [-0.15, -0.1) is 0 Å². The number of carbonyl (C=O) groups excluding carboxylic acids is 1. The summed E-state index contributed by atoms with van der Waals surface area (Å²) in [6.07, 6.45) is 3.75. The maximum Gasteiger partial charge on any atom is 0.178 e. The van der Waals surface area contributed by atoms with Crippen LogP contribution in [0.4, 0.5) is 0 Å². The second kappa shape index (κ2) is 3.68. The van der Waals surface area contributed by atoms with Crippen molar-refractivity contribution in [3.8, 4) is 6.07 Å². The molecule has 0 radical (unpaired) electrons. The predicted octanol–water partition coefficient (Wildman–Crippen LogP) is 2.21. The first-order valence-electron chi connectivity index (χ1n) is 6.17. The lowest BCUT2D eigenvalue weighted by molar-refractivity contribution is -0.132. The summed E-state index contributed by atoms with van der Waals surface area (Å²) in [5.74, 6) is 0.182. The van der Waals surface area contributed by atoms with Crippen molar-refractivity contribution in [1.82, 2.24) is 0 Å². The third-order valence-electron chi connectivity index (χ3n) is 4.56. The number of Topliss-reactive ketones (excluding diaryl/α,β-unsaturated/α-hetero) is 1. The fourth-order valence-corrected chi connectivity index (χ4v) is 3.77. The number of nitrogens with zero attached hydrogens (tertiary/aromatic N) is 1. The van der Waals surface area contributed by atoms with Crippen LogP contribution in [-0.4, -0.2) is 17.0 Å². The van der Waals surface area contributed by atoms with E-state index in [1.807, 2.05) is 19.9 Å². The van der Waals surface area contributed by atoms with Crippen LogP contribution < -0.4 is 0 Å². The third kappa shape index (κ3) is 1.71. The second-order valence-electron chi connectivity index (χ2n) is 6.21. The highest BCUT2D eigenvalue weighted by atomic mass is 16.3. The molecule has 3 atom stereocenters. The van der Waals surface area contributed by atoms with E-state index in [0.717, 1.165) is 12.8 Å². The van der Waals surface area contributed by atoms with E-state index in [1.54, 1.807) is 6.08 Å². The largest absolute Gasteiger partial charge is 0.393 e. The number of fused-ring (bicyclic) bond motifs is 1. The normalized spacial score (nSPS) is 40.2. The molecule has 0 saturated heterocycles. The number of nitriles is 1. The summed E-state index contributed by atoms with van der Waals surface area (Å²) in [6.45, 7) is 5.92. The van der Waals surface area contributed by atoms with Crippen molar-refractivity contribution in [3.63, 3.8) is 0 Å². The van der Waals surface area contributed by atoms with Crippen molar-refractivity contribution in [3.05, 3.63) is 11.6 Å². The van der Waals surface area contributed by atoms with Crippen LogP contribution in [0.15, 0.2) is 11.6 Å². The Hall–Kier alpha value is -1.14. The summed E-state index contributed by atoms with van der Waals surface area (Å²) in [5.41, 5.74) is -0.447. The lowest BCUT2D eigenvalue weighted by Gasteiger charge is -2.51. The van der Waals surface area contributed by atoms with Gasteiger partial charge in [0.1, 0.15) is 6.07 Å². The van der Waals surface area contributed by atoms with Crippen molar-refractivity contribution in [1.29, 1.82) is 5.26 Å². The van der Waals surface area contributed by atoms with Gasteiger partial charge in [0.25, 0.3) is 0 Å². The van der Waals surface area contributed by atoms with Crippen LogP contribution in [0, 0.1) is 28.1 Å². The molecule has 2 aliphatic rings. The molecule has 2 aliphatic carbocycles. The number of hydrogen-bond acceptors (Lipinski definition) is 3. The van der Waals surface area contributed by atoms with Crippen molar-refractivity contribution in [2.24, 2.45) is 16.7 Å². The molecule has 0 aromatic carbocycles. The Morgan fingerprint density at radius 2 is 2.06 bits per heavy atom. The van der Waals surface area contributed by atoms with Gasteiger partial charge in [-0.25, -0.2) is 0 Å². The van der Waals surface area contributed by atoms with Gasteiger partial charge >= 0.3 is 0 Å². The molecule has 3 unspecified atom stereocenters. The first-order valence-corrected chi connectivity index (χ1v) is 6.17. The van der Waals surface area contributed by atoms with Gasteiger partial charge in [0.15, 0.2) is 5.78 Å². The Morgan fingerprint density at radius 3 is 2.65 bits per heavy atom. The van der Waals surface area contributed by atoms with Crippen LogP contribution in [0.2, 0.25) is 0 Å². The molecule has 0 bridgehead atoms. The summed E-state index contributed by atoms with van der Waals surface area (Å²) in [7, 11) is 0. The minimum atomic E-state index is -0.491. The van der Waals surface area contributed by atoms with Crippen LogP contribution >= 0.6 is 0 Å². The average molecular weight is 233 g/mol. The molecule has 1 saturated carbocycles. The van der Waals surface area contributed by atoms with Crippen molar-refractivity contribution in [2.45, 2.75) is 46.1 Å². The standard InChI is InChI=1S/C14H19NO2/c1-13(2)11-5-4-10(16)7-14(11,3)6-9(8-15)12(13)17/h6,10-11,16H,4-5,7H2,1-3H3. The van der Waals surface area contributed by atoms with E-state index in [9.17, 15) is 9.90 Å². The van der Waals surface area contributed by atoms with Gasteiger partial charge in [0, 0.05) is 5.41 Å². The van der Waals surface area contributed by atoms with Gasteiger partial charge in [-0.2, -0.15) is 5.26 Å². The number of carbonyl (C=O) groups is 1. The Kier molecular flexibility index (Phi) is 2.67. The van der Waals surface area contributed by atoms with E-state index in [1.165, 1.54) is 0 Å². The lowest BCUT2D eigenvalue weighted by atomic mass is 9.52. The number of ketones is 1. The van der Waals surface area contributed by atoms with Crippen LogP contribution in [0.25, 0.3) is 0 Å². The Morgan fingerprint density at radius 1 is 1.41 bits per heavy atom. The van der Waals surface area contributed by atoms with Gasteiger partial charge in [0.2, 0.25) is 0 Å². The van der Waals surface area contributed by atoms with Gasteiger partial charge in [-0.05, 0) is 30.6 Å². The summed E-state index contributed by atoms with van der Waals surface area (Å²) < 4.78 is 0. The van der Waals surface area contributed by atoms with Crippen molar-refractivity contribution in [2.75, 3.05) is 0 Å². The van der Waals surface area contributed by atoms with E-state index in [4.69, 9.17) is 5.26 Å². The monoisotopic (exact) mass is 233 g/mol. The molecule has 3 heteroatoms. The third-order valence-corrected chi connectivity index (χ3v) is 4.56. The predicted molar refractivity (Wildman–Crippen MR) is 63.9 cm³/mol. The molecule has 0 aromatic rings. The first-order chi connectivity index (χ1) is 7.81. The highest BCUT2D eigenvalue weighted by molar-refractivity contribution is 6.04. The molecule has 0 spiro atoms. The highest BCUT2D eigenvalue weighted by Crippen LogP contribution is 2.54. The van der Waals surface area contributed by atoms with E-state index in [2.05, 4.69) is 6.92 Å². The maximum absolute atomic E-state index is 12.2. The molecule has 17 heavy (non-hydrogen) atoms. The summed E-state index contributed by atoms with van der Waals surface area (Å²) in [4.78, 5) is 12.2. The second-order valence-corrected chi connectivity index (χ2v) is 6.21. The zero-order valence-corrected chi connectivity index (χ0v) is 10.7. The molecule has 0 amide bonds. The van der Waals surface area contributed by atoms with Crippen LogP contribution in [0.3, 0.4) is 0 Å². The average Bonchev–Trinajstić information content (AvgIpc) is 2.23. The maximum atomic E-state index is 12.2. The molecule has 0 heterocycles. The molecule has 1 N–H and O–H groups in total. The van der Waals surface area contributed by atoms with Gasteiger partial charge in [-0.1, -0.05) is 26.8 Å². The molecule has 3 nitrogen and oxygen atoms in total. The van der Waals surface area contributed by atoms with E-state index >= 15 is 0 Å². The molecule has 0 aromatic heterocycles. The molecule has 0 aliphatic heterocycles. The van der Waals surface area contributed by atoms with Crippen molar-refractivity contribution >= 4 is 5.78 Å². The zero-order chi connectivity index (χ0) is 12.8. The molecular formula is C14H19NO2. The Bertz CT molecular complexity index is 430.